The molecule has 0 radical (unpaired) electrons. The lowest BCUT2D eigenvalue weighted by atomic mass is 10.0. The molecule has 7 heteroatoms. The Morgan fingerprint density at radius 1 is 1.23 bits per heavy atom. The minimum atomic E-state index is 0.532. The van der Waals surface area contributed by atoms with Crippen molar-refractivity contribution in [1.29, 1.82) is 0 Å². The second-order valence-corrected chi connectivity index (χ2v) is 8.42. The maximum atomic E-state index is 4.99. The van der Waals surface area contributed by atoms with Crippen molar-refractivity contribution >= 4 is 64.8 Å². The molecular weight excluding hydrogens is 476 g/mol. The summed E-state index contributed by atoms with van der Waals surface area (Å²) in [5, 5.41) is 3.45. The zero-order valence-corrected chi connectivity index (χ0v) is 17.1. The molecule has 0 aliphatic carbocycles. The van der Waals surface area contributed by atoms with Crippen LogP contribution in [0.15, 0.2) is 13.4 Å². The van der Waals surface area contributed by atoms with E-state index in [4.69, 9.17) is 4.98 Å². The predicted molar refractivity (Wildman–Crippen MR) is 101 cm³/mol. The molecule has 2 aromatic rings. The van der Waals surface area contributed by atoms with Crippen LogP contribution in [-0.4, -0.2) is 35.7 Å². The molecule has 1 saturated heterocycles. The number of halogens is 3. The summed E-state index contributed by atoms with van der Waals surface area (Å²) < 4.78 is 5.66. The first-order chi connectivity index (χ1) is 10.6. The van der Waals surface area contributed by atoms with Gasteiger partial charge in [0.1, 0.15) is 5.52 Å². The molecule has 1 N–H and O–H groups in total. The molecule has 118 valence electrons. The van der Waals surface area contributed by atoms with Gasteiger partial charge in [-0.2, -0.15) is 0 Å². The largest absolute Gasteiger partial charge is 0.341 e. The van der Waals surface area contributed by atoms with E-state index in [1.165, 1.54) is 17.5 Å². The molecule has 1 atom stereocenters. The summed E-state index contributed by atoms with van der Waals surface area (Å²) >= 11 is 11.2. The number of anilines is 1. The lowest BCUT2D eigenvalue weighted by molar-refractivity contribution is 0.596. The second-order valence-electron chi connectivity index (χ2n) is 6.04. The summed E-state index contributed by atoms with van der Waals surface area (Å²) in [5.74, 6) is 1.09. The first-order valence-electron chi connectivity index (χ1n) is 7.58. The van der Waals surface area contributed by atoms with Crippen LogP contribution in [0.25, 0.3) is 11.0 Å². The van der Waals surface area contributed by atoms with Crippen molar-refractivity contribution in [2.24, 2.45) is 0 Å². The van der Waals surface area contributed by atoms with Gasteiger partial charge in [-0.3, -0.25) is 0 Å². The van der Waals surface area contributed by atoms with E-state index in [2.05, 4.69) is 69.6 Å². The maximum absolute atomic E-state index is 4.99. The fourth-order valence-corrected chi connectivity index (χ4v) is 5.35. The van der Waals surface area contributed by atoms with Crippen molar-refractivity contribution in [3.63, 3.8) is 0 Å². The number of aryl methyl sites for hydroxylation is 2. The van der Waals surface area contributed by atoms with Gasteiger partial charge in [0.25, 0.3) is 0 Å². The highest BCUT2D eigenvalue weighted by atomic mass is 79.9. The molecule has 0 bridgehead atoms. The molecule has 4 rings (SSSR count). The summed E-state index contributed by atoms with van der Waals surface area (Å²) in [6, 6.07) is 0.532. The van der Waals surface area contributed by atoms with Crippen LogP contribution in [0.2, 0.25) is 0 Å². The predicted octanol–water partition coefficient (Wildman–Crippen LogP) is 4.07. The third kappa shape index (κ3) is 2.19. The first kappa shape index (κ1) is 15.4. The van der Waals surface area contributed by atoms with Gasteiger partial charge >= 0.3 is 0 Å². The molecular formula is C15H17Br3N4. The van der Waals surface area contributed by atoms with Gasteiger partial charge in [0.15, 0.2) is 0 Å². The minimum Gasteiger partial charge on any atom is -0.341 e. The van der Waals surface area contributed by atoms with E-state index in [0.717, 1.165) is 57.4 Å². The Morgan fingerprint density at radius 3 is 2.77 bits per heavy atom. The summed E-state index contributed by atoms with van der Waals surface area (Å²) in [7, 11) is 2.18. The quantitative estimate of drug-likeness (QED) is 0.642. The van der Waals surface area contributed by atoms with E-state index in [1.54, 1.807) is 0 Å². The maximum Gasteiger partial charge on any atom is 0.206 e. The fraction of sp³-hybridized carbons (Fsp3) is 0.533. The zero-order valence-electron chi connectivity index (χ0n) is 12.3. The Balaban J connectivity index is 1.94. The number of nitrogens with one attached hydrogen (secondary N) is 1. The molecule has 1 fully saturated rings. The molecule has 22 heavy (non-hydrogen) atoms. The van der Waals surface area contributed by atoms with Gasteiger partial charge in [-0.25, -0.2) is 4.98 Å². The van der Waals surface area contributed by atoms with E-state index in [0.29, 0.717) is 6.04 Å². The number of hydrogen-bond donors (Lipinski definition) is 1. The van der Waals surface area contributed by atoms with Gasteiger partial charge in [0, 0.05) is 35.1 Å². The number of likely N-dealkylation sites (N-methyl/N-ethyl adjacent to an activating group) is 1. The van der Waals surface area contributed by atoms with Crippen LogP contribution in [0.3, 0.4) is 0 Å². The normalized spacial score (nSPS) is 20.8. The lowest BCUT2D eigenvalue weighted by Crippen LogP contribution is -2.35. The van der Waals surface area contributed by atoms with Gasteiger partial charge in [0.05, 0.1) is 9.99 Å². The average Bonchev–Trinajstić information content (AvgIpc) is 3.18. The van der Waals surface area contributed by atoms with Crippen molar-refractivity contribution in [1.82, 2.24) is 14.9 Å². The van der Waals surface area contributed by atoms with Crippen molar-refractivity contribution in [2.45, 2.75) is 31.8 Å². The number of aromatic nitrogens is 2. The molecule has 0 amide bonds. The van der Waals surface area contributed by atoms with Crippen LogP contribution in [0, 0.1) is 0 Å². The Hall–Kier alpha value is -0.110. The van der Waals surface area contributed by atoms with Crippen LogP contribution in [-0.2, 0) is 13.0 Å². The van der Waals surface area contributed by atoms with Gasteiger partial charge in [-0.1, -0.05) is 0 Å². The van der Waals surface area contributed by atoms with Gasteiger partial charge in [-0.15, -0.1) is 0 Å². The highest BCUT2D eigenvalue weighted by Crippen LogP contribution is 2.44. The minimum absolute atomic E-state index is 0.532. The van der Waals surface area contributed by atoms with E-state index in [1.807, 2.05) is 0 Å². The summed E-state index contributed by atoms with van der Waals surface area (Å²) in [6.07, 6.45) is 3.44. The Kier molecular flexibility index (Phi) is 4.03. The third-order valence-electron chi connectivity index (χ3n) is 4.80. The smallest absolute Gasteiger partial charge is 0.206 e. The summed E-state index contributed by atoms with van der Waals surface area (Å²) in [6.45, 7) is 3.19. The second kappa shape index (κ2) is 5.76. The highest BCUT2D eigenvalue weighted by molar-refractivity contribution is 9.14. The summed E-state index contributed by atoms with van der Waals surface area (Å²) in [4.78, 5) is 7.34. The van der Waals surface area contributed by atoms with E-state index in [9.17, 15) is 0 Å². The molecule has 1 aromatic carbocycles. The van der Waals surface area contributed by atoms with E-state index in [-0.39, 0.29) is 0 Å². The lowest BCUT2D eigenvalue weighted by Gasteiger charge is -2.27. The fourth-order valence-electron chi connectivity index (χ4n) is 3.59. The number of hydrogen-bond acceptors (Lipinski definition) is 3. The Morgan fingerprint density at radius 2 is 2.05 bits per heavy atom. The molecule has 2 aliphatic rings. The van der Waals surface area contributed by atoms with Gasteiger partial charge in [0.2, 0.25) is 5.95 Å². The van der Waals surface area contributed by atoms with Crippen LogP contribution >= 0.6 is 47.8 Å². The van der Waals surface area contributed by atoms with Crippen LogP contribution < -0.4 is 10.2 Å². The van der Waals surface area contributed by atoms with E-state index >= 15 is 0 Å². The number of benzene rings is 1. The topological polar surface area (TPSA) is 33.1 Å². The van der Waals surface area contributed by atoms with Gasteiger partial charge in [-0.05, 0) is 79.2 Å². The monoisotopic (exact) mass is 490 g/mol. The average molecular weight is 493 g/mol. The third-order valence-corrected chi connectivity index (χ3v) is 8.30. The molecule has 1 unspecified atom stereocenters. The molecule has 3 heterocycles. The standard InChI is InChI=1S/C15H17Br3N4/c1-21(8-4-5-19-7-8)15-20-13-12(18)11(17)10(16)9-3-2-6-22(15)14(9)13/h8,19H,2-7H2,1H3. The highest BCUT2D eigenvalue weighted by Gasteiger charge is 2.29. The molecule has 0 spiro atoms. The SMILES string of the molecule is CN(c1nc2c(Br)c(Br)c(Br)c3c2n1CCC3)C1CCNC1. The van der Waals surface area contributed by atoms with Crippen LogP contribution in [0.4, 0.5) is 5.95 Å². The first-order valence-corrected chi connectivity index (χ1v) is 9.96. The zero-order chi connectivity index (χ0) is 15.4. The van der Waals surface area contributed by atoms with Crippen molar-refractivity contribution < 1.29 is 0 Å². The Labute approximate surface area is 155 Å². The summed E-state index contributed by atoms with van der Waals surface area (Å²) in [5.41, 5.74) is 3.71. The van der Waals surface area contributed by atoms with Crippen LogP contribution in [0.1, 0.15) is 18.4 Å². The number of rotatable bonds is 2. The van der Waals surface area contributed by atoms with E-state index < -0.39 is 0 Å². The Bertz CT molecular complexity index is 749. The van der Waals surface area contributed by atoms with Crippen molar-refractivity contribution in [3.05, 3.63) is 19.0 Å². The van der Waals surface area contributed by atoms with Crippen LogP contribution in [0.5, 0.6) is 0 Å². The van der Waals surface area contributed by atoms with Crippen molar-refractivity contribution in [3.8, 4) is 0 Å². The number of imidazole rings is 1. The molecule has 2 aliphatic heterocycles. The molecule has 1 aromatic heterocycles. The number of nitrogens with zero attached hydrogens (tertiary/aromatic N) is 3. The van der Waals surface area contributed by atoms with Crippen molar-refractivity contribution in [2.75, 3.05) is 25.0 Å². The van der Waals surface area contributed by atoms with Gasteiger partial charge < -0.3 is 14.8 Å². The molecule has 4 nitrogen and oxygen atoms in total. The molecule has 0 saturated carbocycles.